The minimum atomic E-state index is 0.612. The van der Waals surface area contributed by atoms with E-state index >= 15 is 0 Å². The molecule has 3 aromatic heterocycles. The predicted octanol–water partition coefficient (Wildman–Crippen LogP) is 3.05. The molecule has 4 heteroatoms. The lowest BCUT2D eigenvalue weighted by atomic mass is 10.1. The SMILES string of the molecule is Clc1cnc2ccc(-c3cccnc3)cn12. The fourth-order valence-electron chi connectivity index (χ4n) is 1.66. The van der Waals surface area contributed by atoms with Gasteiger partial charge in [-0.15, -0.1) is 0 Å². The highest BCUT2D eigenvalue weighted by atomic mass is 35.5. The van der Waals surface area contributed by atoms with Crippen molar-refractivity contribution < 1.29 is 0 Å². The molecular weight excluding hydrogens is 222 g/mol. The highest BCUT2D eigenvalue weighted by Crippen LogP contribution is 2.20. The average molecular weight is 230 g/mol. The maximum Gasteiger partial charge on any atom is 0.137 e. The zero-order chi connectivity index (χ0) is 11.0. The number of nitrogens with zero attached hydrogens (tertiary/aromatic N) is 3. The van der Waals surface area contributed by atoms with Gasteiger partial charge in [0.15, 0.2) is 0 Å². The number of hydrogen-bond donors (Lipinski definition) is 0. The molecule has 0 atom stereocenters. The number of fused-ring (bicyclic) bond motifs is 1. The van der Waals surface area contributed by atoms with Crippen LogP contribution < -0.4 is 0 Å². The Morgan fingerprint density at radius 1 is 1.06 bits per heavy atom. The van der Waals surface area contributed by atoms with Crippen molar-refractivity contribution in [1.29, 1.82) is 0 Å². The molecule has 0 saturated heterocycles. The molecule has 0 aliphatic carbocycles. The van der Waals surface area contributed by atoms with Gasteiger partial charge in [0.2, 0.25) is 0 Å². The molecule has 0 fully saturated rings. The standard InChI is InChI=1S/C12H8ClN3/c13-11-7-15-12-4-3-10(8-16(11)12)9-2-1-5-14-6-9/h1-8H. The van der Waals surface area contributed by atoms with Gasteiger partial charge >= 0.3 is 0 Å². The van der Waals surface area contributed by atoms with E-state index in [2.05, 4.69) is 9.97 Å². The second-order valence-electron chi connectivity index (χ2n) is 3.47. The number of hydrogen-bond acceptors (Lipinski definition) is 2. The molecule has 0 saturated carbocycles. The summed E-state index contributed by atoms with van der Waals surface area (Å²) in [6.07, 6.45) is 7.18. The normalized spacial score (nSPS) is 10.8. The molecule has 0 N–H and O–H groups in total. The van der Waals surface area contributed by atoms with Crippen molar-refractivity contribution in [3.63, 3.8) is 0 Å². The third kappa shape index (κ3) is 1.46. The van der Waals surface area contributed by atoms with Crippen LogP contribution in [0.5, 0.6) is 0 Å². The average Bonchev–Trinajstić information content (AvgIpc) is 2.72. The Morgan fingerprint density at radius 3 is 2.81 bits per heavy atom. The maximum absolute atomic E-state index is 6.02. The fourth-order valence-corrected chi connectivity index (χ4v) is 1.84. The van der Waals surface area contributed by atoms with E-state index in [1.807, 2.05) is 41.1 Å². The molecule has 0 aromatic carbocycles. The number of pyridine rings is 2. The molecule has 0 aliphatic rings. The topological polar surface area (TPSA) is 30.2 Å². The molecule has 3 heterocycles. The van der Waals surface area contributed by atoms with Gasteiger partial charge in [-0.05, 0) is 18.2 Å². The molecule has 0 amide bonds. The molecule has 78 valence electrons. The molecule has 16 heavy (non-hydrogen) atoms. The first kappa shape index (κ1) is 9.36. The van der Waals surface area contributed by atoms with Crippen LogP contribution in [0.25, 0.3) is 16.8 Å². The van der Waals surface area contributed by atoms with Crippen LogP contribution in [-0.2, 0) is 0 Å². The van der Waals surface area contributed by atoms with Gasteiger partial charge in [-0.3, -0.25) is 9.38 Å². The van der Waals surface area contributed by atoms with Gasteiger partial charge < -0.3 is 0 Å². The van der Waals surface area contributed by atoms with Gasteiger partial charge in [-0.2, -0.15) is 0 Å². The first-order valence-corrected chi connectivity index (χ1v) is 5.25. The van der Waals surface area contributed by atoms with Crippen LogP contribution in [0.4, 0.5) is 0 Å². The fraction of sp³-hybridized carbons (Fsp3) is 0. The summed E-state index contributed by atoms with van der Waals surface area (Å²) in [5, 5.41) is 0.612. The molecular formula is C12H8ClN3. The van der Waals surface area contributed by atoms with E-state index in [0.29, 0.717) is 5.15 Å². The summed E-state index contributed by atoms with van der Waals surface area (Å²) >= 11 is 6.02. The van der Waals surface area contributed by atoms with E-state index in [1.54, 1.807) is 12.4 Å². The summed E-state index contributed by atoms with van der Waals surface area (Å²) in [5.74, 6) is 0. The molecule has 0 bridgehead atoms. The Hall–Kier alpha value is -1.87. The monoisotopic (exact) mass is 229 g/mol. The smallest absolute Gasteiger partial charge is 0.137 e. The van der Waals surface area contributed by atoms with Gasteiger partial charge in [0.25, 0.3) is 0 Å². The van der Waals surface area contributed by atoms with Gasteiger partial charge in [-0.1, -0.05) is 17.7 Å². The van der Waals surface area contributed by atoms with E-state index in [0.717, 1.165) is 16.8 Å². The Morgan fingerprint density at radius 2 is 2.00 bits per heavy atom. The van der Waals surface area contributed by atoms with Crippen LogP contribution in [-0.4, -0.2) is 14.4 Å². The number of rotatable bonds is 1. The molecule has 3 aromatic rings. The van der Waals surface area contributed by atoms with Gasteiger partial charge in [0.1, 0.15) is 10.8 Å². The molecule has 0 unspecified atom stereocenters. The maximum atomic E-state index is 6.02. The summed E-state index contributed by atoms with van der Waals surface area (Å²) in [6.45, 7) is 0. The van der Waals surface area contributed by atoms with E-state index < -0.39 is 0 Å². The third-order valence-corrected chi connectivity index (χ3v) is 2.74. The van der Waals surface area contributed by atoms with Crippen molar-refractivity contribution in [2.24, 2.45) is 0 Å². The Bertz CT molecular complexity index is 631. The lowest BCUT2D eigenvalue weighted by Crippen LogP contribution is -1.87. The number of halogens is 1. The highest BCUT2D eigenvalue weighted by Gasteiger charge is 2.02. The first-order chi connectivity index (χ1) is 7.84. The largest absolute Gasteiger partial charge is 0.290 e. The van der Waals surface area contributed by atoms with Crippen molar-refractivity contribution >= 4 is 17.2 Å². The van der Waals surface area contributed by atoms with Crippen LogP contribution in [0.3, 0.4) is 0 Å². The minimum absolute atomic E-state index is 0.612. The van der Waals surface area contributed by atoms with Crippen LogP contribution in [0.2, 0.25) is 5.15 Å². The van der Waals surface area contributed by atoms with E-state index in [9.17, 15) is 0 Å². The van der Waals surface area contributed by atoms with E-state index in [-0.39, 0.29) is 0 Å². The van der Waals surface area contributed by atoms with Gasteiger partial charge in [0, 0.05) is 29.7 Å². The Balaban J connectivity index is 2.22. The van der Waals surface area contributed by atoms with Crippen molar-refractivity contribution in [3.8, 4) is 11.1 Å². The predicted molar refractivity (Wildman–Crippen MR) is 63.4 cm³/mol. The number of imidazole rings is 1. The second kappa shape index (κ2) is 3.61. The lowest BCUT2D eigenvalue weighted by Gasteiger charge is -2.02. The summed E-state index contributed by atoms with van der Waals surface area (Å²) in [6, 6.07) is 7.87. The van der Waals surface area contributed by atoms with Crippen molar-refractivity contribution in [2.45, 2.75) is 0 Å². The van der Waals surface area contributed by atoms with Crippen LogP contribution in [0, 0.1) is 0 Å². The Labute approximate surface area is 97.3 Å². The summed E-state index contributed by atoms with van der Waals surface area (Å²) in [4.78, 5) is 8.26. The minimum Gasteiger partial charge on any atom is -0.290 e. The second-order valence-corrected chi connectivity index (χ2v) is 3.86. The molecule has 3 nitrogen and oxygen atoms in total. The molecule has 0 spiro atoms. The third-order valence-electron chi connectivity index (χ3n) is 2.46. The summed E-state index contributed by atoms with van der Waals surface area (Å²) in [5.41, 5.74) is 2.98. The summed E-state index contributed by atoms with van der Waals surface area (Å²) < 4.78 is 1.85. The van der Waals surface area contributed by atoms with Crippen molar-refractivity contribution in [3.05, 3.63) is 54.2 Å². The van der Waals surface area contributed by atoms with Gasteiger partial charge in [0.05, 0.1) is 6.20 Å². The van der Waals surface area contributed by atoms with Crippen molar-refractivity contribution in [2.75, 3.05) is 0 Å². The zero-order valence-electron chi connectivity index (χ0n) is 8.34. The van der Waals surface area contributed by atoms with Gasteiger partial charge in [-0.25, -0.2) is 4.98 Å². The number of aromatic nitrogens is 3. The summed E-state index contributed by atoms with van der Waals surface area (Å²) in [7, 11) is 0. The highest BCUT2D eigenvalue weighted by molar-refractivity contribution is 6.29. The van der Waals surface area contributed by atoms with Crippen LogP contribution in [0.1, 0.15) is 0 Å². The first-order valence-electron chi connectivity index (χ1n) is 4.87. The molecule has 0 aliphatic heterocycles. The molecule has 0 radical (unpaired) electrons. The van der Waals surface area contributed by atoms with Crippen molar-refractivity contribution in [1.82, 2.24) is 14.4 Å². The lowest BCUT2D eigenvalue weighted by molar-refractivity contribution is 1.18. The van der Waals surface area contributed by atoms with E-state index in [4.69, 9.17) is 11.6 Å². The van der Waals surface area contributed by atoms with Crippen LogP contribution >= 0.6 is 11.6 Å². The zero-order valence-corrected chi connectivity index (χ0v) is 9.09. The van der Waals surface area contributed by atoms with Crippen LogP contribution in [0.15, 0.2) is 49.1 Å². The Kier molecular flexibility index (Phi) is 2.11. The molecule has 3 rings (SSSR count). The quantitative estimate of drug-likeness (QED) is 0.642. The van der Waals surface area contributed by atoms with E-state index in [1.165, 1.54) is 0 Å².